The first-order valence-corrected chi connectivity index (χ1v) is 10.8. The Morgan fingerprint density at radius 3 is 2.65 bits per heavy atom. The van der Waals surface area contributed by atoms with E-state index < -0.39 is 17.6 Å². The number of nitrogens with one attached hydrogen (secondary N) is 1. The van der Waals surface area contributed by atoms with E-state index in [-0.39, 0.29) is 24.2 Å². The number of carbonyl (C=O) groups excluding carboxylic acids is 2. The van der Waals surface area contributed by atoms with Crippen LogP contribution in [-0.2, 0) is 23.8 Å². The number of rotatable bonds is 6. The zero-order chi connectivity index (χ0) is 22.0. The van der Waals surface area contributed by atoms with Crippen molar-refractivity contribution >= 4 is 50.3 Å². The lowest BCUT2D eigenvalue weighted by Gasteiger charge is -2.09. The summed E-state index contributed by atoms with van der Waals surface area (Å²) in [4.78, 5) is 33.0. The second-order valence-electron chi connectivity index (χ2n) is 6.69. The average Bonchev–Trinajstić information content (AvgIpc) is 3.36. The van der Waals surface area contributed by atoms with Crippen molar-refractivity contribution in [2.24, 2.45) is 0 Å². The summed E-state index contributed by atoms with van der Waals surface area (Å²) >= 11 is 2.69. The fraction of sp³-hybridized carbons (Fsp3) is 0.143. The van der Waals surface area contributed by atoms with Crippen molar-refractivity contribution < 1.29 is 22.8 Å². The fourth-order valence-corrected chi connectivity index (χ4v) is 4.51. The summed E-state index contributed by atoms with van der Waals surface area (Å²) < 4.78 is 39.3. The molecule has 31 heavy (non-hydrogen) atoms. The monoisotopic (exact) mass is 461 g/mol. The molecule has 0 spiro atoms. The second kappa shape index (κ2) is 8.56. The number of alkyl halides is 3. The molecule has 0 saturated carbocycles. The maximum Gasteiger partial charge on any atom is 0.416 e. The van der Waals surface area contributed by atoms with Gasteiger partial charge < -0.3 is 5.32 Å². The fourth-order valence-electron chi connectivity index (χ4n) is 2.95. The molecule has 2 aromatic carbocycles. The van der Waals surface area contributed by atoms with Crippen LogP contribution in [0.2, 0.25) is 0 Å². The normalized spacial score (nSPS) is 11.6. The number of anilines is 1. The molecule has 0 aliphatic rings. The first-order valence-electron chi connectivity index (χ1n) is 9.05. The van der Waals surface area contributed by atoms with Gasteiger partial charge in [-0.3, -0.25) is 9.59 Å². The van der Waals surface area contributed by atoms with Gasteiger partial charge in [0.15, 0.2) is 5.78 Å². The molecular formula is C21H14F3N3O2S2. The SMILES string of the molecule is O=C(Cc1cccc(C(F)(F)F)c1)Nc1ccc2nc(CC(=O)c3cscn3)sc2c1. The molecular weight excluding hydrogens is 447 g/mol. The summed E-state index contributed by atoms with van der Waals surface area (Å²) in [6.07, 6.45) is -4.50. The van der Waals surface area contributed by atoms with Crippen molar-refractivity contribution in [3.8, 4) is 0 Å². The number of nitrogens with zero attached hydrogens (tertiary/aromatic N) is 2. The van der Waals surface area contributed by atoms with Crippen molar-refractivity contribution in [2.45, 2.75) is 19.0 Å². The molecule has 10 heteroatoms. The molecule has 0 aliphatic heterocycles. The van der Waals surface area contributed by atoms with E-state index in [0.717, 1.165) is 16.8 Å². The highest BCUT2D eigenvalue weighted by atomic mass is 32.1. The predicted molar refractivity (Wildman–Crippen MR) is 114 cm³/mol. The number of Topliss-reactive ketones (excluding diaryl/α,β-unsaturated/α-hetero) is 1. The van der Waals surface area contributed by atoms with Gasteiger partial charge in [-0.05, 0) is 29.8 Å². The number of benzene rings is 2. The van der Waals surface area contributed by atoms with Gasteiger partial charge in [-0.2, -0.15) is 13.2 Å². The lowest BCUT2D eigenvalue weighted by Crippen LogP contribution is -2.15. The smallest absolute Gasteiger partial charge is 0.326 e. The average molecular weight is 461 g/mol. The molecule has 0 fully saturated rings. The third-order valence-electron chi connectivity index (χ3n) is 4.37. The van der Waals surface area contributed by atoms with Crippen LogP contribution in [-0.4, -0.2) is 21.7 Å². The van der Waals surface area contributed by atoms with E-state index in [1.165, 1.54) is 34.8 Å². The predicted octanol–water partition coefficient (Wildman–Crippen LogP) is 5.38. The van der Waals surface area contributed by atoms with Crippen LogP contribution in [0, 0.1) is 0 Å². The van der Waals surface area contributed by atoms with Crippen LogP contribution in [0.5, 0.6) is 0 Å². The Hall–Kier alpha value is -3.11. The molecule has 0 aliphatic carbocycles. The Labute approximate surface area is 182 Å². The summed E-state index contributed by atoms with van der Waals surface area (Å²) in [6.45, 7) is 0. The molecule has 2 heterocycles. The van der Waals surface area contributed by atoms with E-state index in [4.69, 9.17) is 0 Å². The zero-order valence-electron chi connectivity index (χ0n) is 15.8. The minimum atomic E-state index is -4.46. The Balaban J connectivity index is 1.44. The van der Waals surface area contributed by atoms with E-state index >= 15 is 0 Å². The Morgan fingerprint density at radius 1 is 1.06 bits per heavy atom. The maximum absolute atomic E-state index is 12.8. The molecule has 4 rings (SSSR count). The molecule has 2 aromatic heterocycles. The van der Waals surface area contributed by atoms with Crippen molar-refractivity contribution in [1.29, 1.82) is 0 Å². The Kier molecular flexibility index (Phi) is 5.84. The summed E-state index contributed by atoms with van der Waals surface area (Å²) in [5.74, 6) is -0.544. The number of halogens is 3. The number of hydrogen-bond donors (Lipinski definition) is 1. The molecule has 5 nitrogen and oxygen atoms in total. The van der Waals surface area contributed by atoms with Crippen molar-refractivity contribution in [3.63, 3.8) is 0 Å². The molecule has 0 atom stereocenters. The third kappa shape index (κ3) is 5.15. The van der Waals surface area contributed by atoms with Crippen LogP contribution in [0.3, 0.4) is 0 Å². The summed E-state index contributed by atoms with van der Waals surface area (Å²) in [6, 6.07) is 9.82. The second-order valence-corrected chi connectivity index (χ2v) is 8.52. The molecule has 4 aromatic rings. The number of carbonyl (C=O) groups is 2. The molecule has 0 radical (unpaired) electrons. The third-order valence-corrected chi connectivity index (χ3v) is 5.97. The number of thiazole rings is 2. The lowest BCUT2D eigenvalue weighted by molar-refractivity contribution is -0.137. The van der Waals surface area contributed by atoms with Gasteiger partial charge in [0.25, 0.3) is 0 Å². The van der Waals surface area contributed by atoms with E-state index in [1.807, 2.05) is 0 Å². The van der Waals surface area contributed by atoms with Gasteiger partial charge in [0.2, 0.25) is 5.91 Å². The number of amides is 1. The zero-order valence-corrected chi connectivity index (χ0v) is 17.4. The van der Waals surface area contributed by atoms with Crippen LogP contribution in [0.4, 0.5) is 18.9 Å². The minimum absolute atomic E-state index is 0.116. The quantitative estimate of drug-likeness (QED) is 0.392. The van der Waals surface area contributed by atoms with Crippen LogP contribution in [0.25, 0.3) is 10.2 Å². The highest BCUT2D eigenvalue weighted by Gasteiger charge is 2.30. The van der Waals surface area contributed by atoms with Gasteiger partial charge in [-0.15, -0.1) is 22.7 Å². The van der Waals surface area contributed by atoms with Crippen LogP contribution in [0.15, 0.2) is 53.4 Å². The van der Waals surface area contributed by atoms with E-state index in [2.05, 4.69) is 15.3 Å². The Bertz CT molecular complexity index is 1250. The molecule has 0 saturated heterocycles. The van der Waals surface area contributed by atoms with Crippen molar-refractivity contribution in [1.82, 2.24) is 9.97 Å². The first-order chi connectivity index (χ1) is 14.8. The lowest BCUT2D eigenvalue weighted by atomic mass is 10.1. The molecule has 1 N–H and O–H groups in total. The molecule has 1 amide bonds. The molecule has 0 bridgehead atoms. The highest BCUT2D eigenvalue weighted by molar-refractivity contribution is 7.18. The van der Waals surface area contributed by atoms with E-state index in [0.29, 0.717) is 21.9 Å². The van der Waals surface area contributed by atoms with Crippen LogP contribution >= 0.6 is 22.7 Å². The topological polar surface area (TPSA) is 72.0 Å². The summed E-state index contributed by atoms with van der Waals surface area (Å²) in [5.41, 5.74) is 2.69. The van der Waals surface area contributed by atoms with Crippen molar-refractivity contribution in [3.05, 3.63) is 75.2 Å². The van der Waals surface area contributed by atoms with Gasteiger partial charge in [0, 0.05) is 11.1 Å². The summed E-state index contributed by atoms with van der Waals surface area (Å²) in [5, 5.41) is 5.02. The number of hydrogen-bond acceptors (Lipinski definition) is 6. The Morgan fingerprint density at radius 2 is 1.90 bits per heavy atom. The van der Waals surface area contributed by atoms with E-state index in [1.54, 1.807) is 29.1 Å². The number of fused-ring (bicyclic) bond motifs is 1. The van der Waals surface area contributed by atoms with Crippen LogP contribution < -0.4 is 5.32 Å². The van der Waals surface area contributed by atoms with Crippen molar-refractivity contribution in [2.75, 3.05) is 5.32 Å². The highest BCUT2D eigenvalue weighted by Crippen LogP contribution is 2.30. The first kappa shape index (κ1) is 21.1. The van der Waals surface area contributed by atoms with Gasteiger partial charge >= 0.3 is 6.18 Å². The minimum Gasteiger partial charge on any atom is -0.326 e. The van der Waals surface area contributed by atoms with Gasteiger partial charge in [-0.1, -0.05) is 18.2 Å². The molecule has 158 valence electrons. The molecule has 0 unspecified atom stereocenters. The van der Waals surface area contributed by atoms with E-state index in [9.17, 15) is 22.8 Å². The van der Waals surface area contributed by atoms with Gasteiger partial charge in [0.05, 0.1) is 34.1 Å². The van der Waals surface area contributed by atoms with Gasteiger partial charge in [0.1, 0.15) is 10.7 Å². The standard InChI is InChI=1S/C21H14F3N3O2S2/c22-21(23,24)13-3-1-2-12(6-13)7-19(29)26-14-4-5-15-18(8-14)31-20(27-15)9-17(28)16-10-30-11-25-16/h1-6,8,10-11H,7,9H2,(H,26,29). The largest absolute Gasteiger partial charge is 0.416 e. The van der Waals surface area contributed by atoms with Crippen LogP contribution in [0.1, 0.15) is 26.6 Å². The number of ketones is 1. The maximum atomic E-state index is 12.8. The van der Waals surface area contributed by atoms with Gasteiger partial charge in [-0.25, -0.2) is 9.97 Å². The summed E-state index contributed by atoms with van der Waals surface area (Å²) in [7, 11) is 0. The number of aromatic nitrogens is 2.